The number of benzene rings is 1. The number of carboxylic acid groups (broad SMARTS) is 1. The van der Waals surface area contributed by atoms with Crippen molar-refractivity contribution in [1.29, 1.82) is 0 Å². The van der Waals surface area contributed by atoms with Gasteiger partial charge >= 0.3 is 5.97 Å². The average Bonchev–Trinajstić information content (AvgIpc) is 2.63. The molecule has 0 aromatic heterocycles. The maximum Gasteiger partial charge on any atom is 0.343 e. The predicted octanol–water partition coefficient (Wildman–Crippen LogP) is 2.34. The van der Waals surface area contributed by atoms with E-state index < -0.39 is 11.6 Å². The molecule has 0 spiro atoms. The van der Waals surface area contributed by atoms with Gasteiger partial charge in [-0.1, -0.05) is 11.6 Å². The molecule has 1 aliphatic heterocycles. The number of rotatable bonds is 2. The van der Waals surface area contributed by atoms with E-state index in [2.05, 4.69) is 0 Å². The summed E-state index contributed by atoms with van der Waals surface area (Å²) in [5.41, 5.74) is -1.33. The van der Waals surface area contributed by atoms with Crippen LogP contribution in [0.1, 0.15) is 6.42 Å². The molecule has 16 heavy (non-hydrogen) atoms. The summed E-state index contributed by atoms with van der Waals surface area (Å²) in [6.45, 7) is 0.300. The summed E-state index contributed by atoms with van der Waals surface area (Å²) < 4.78 is 13.8. The van der Waals surface area contributed by atoms with Crippen molar-refractivity contribution >= 4 is 23.3 Å². The minimum Gasteiger partial charge on any atom is -0.479 e. The van der Waals surface area contributed by atoms with Crippen molar-refractivity contribution in [3.8, 4) is 0 Å². The highest BCUT2D eigenvalue weighted by atomic mass is 35.5. The van der Waals surface area contributed by atoms with Crippen molar-refractivity contribution in [3.05, 3.63) is 29.3 Å². The third kappa shape index (κ3) is 1.97. The molecule has 0 amide bonds. The molecule has 1 aromatic rings. The van der Waals surface area contributed by atoms with Crippen LogP contribution in [-0.4, -0.2) is 29.8 Å². The summed E-state index contributed by atoms with van der Waals surface area (Å²) >= 11 is 5.74. The van der Waals surface area contributed by atoms with Crippen molar-refractivity contribution in [1.82, 2.24) is 0 Å². The van der Waals surface area contributed by atoms with Gasteiger partial charge in [-0.2, -0.15) is 0 Å². The highest BCUT2D eigenvalue weighted by Crippen LogP contribution is 2.30. The molecule has 2 rings (SSSR count). The summed E-state index contributed by atoms with van der Waals surface area (Å²) in [6, 6.07) is 6.93. The Morgan fingerprint density at radius 2 is 2.06 bits per heavy atom. The minimum absolute atomic E-state index is 0.0188. The van der Waals surface area contributed by atoms with Crippen LogP contribution < -0.4 is 4.90 Å². The first-order valence-electron chi connectivity index (χ1n) is 4.94. The molecule has 1 unspecified atom stereocenters. The van der Waals surface area contributed by atoms with Gasteiger partial charge in [0.25, 0.3) is 0 Å². The van der Waals surface area contributed by atoms with Crippen molar-refractivity contribution in [2.75, 3.05) is 18.0 Å². The van der Waals surface area contributed by atoms with Gasteiger partial charge in [0.1, 0.15) is 0 Å². The second-order valence-electron chi connectivity index (χ2n) is 3.92. The number of hydrogen-bond donors (Lipinski definition) is 1. The zero-order chi connectivity index (χ0) is 11.8. The van der Waals surface area contributed by atoms with E-state index in [4.69, 9.17) is 16.7 Å². The molecule has 5 heteroatoms. The molecular weight excluding hydrogens is 233 g/mol. The Kier molecular flexibility index (Phi) is 2.76. The van der Waals surface area contributed by atoms with Gasteiger partial charge < -0.3 is 10.0 Å². The molecule has 1 saturated heterocycles. The summed E-state index contributed by atoms with van der Waals surface area (Å²) in [5, 5.41) is 9.36. The fraction of sp³-hybridized carbons (Fsp3) is 0.364. The zero-order valence-corrected chi connectivity index (χ0v) is 9.25. The second-order valence-corrected chi connectivity index (χ2v) is 4.35. The third-order valence-electron chi connectivity index (χ3n) is 2.79. The van der Waals surface area contributed by atoms with Crippen LogP contribution in [0.15, 0.2) is 24.3 Å². The Bertz CT molecular complexity index is 409. The Morgan fingerprint density at radius 3 is 2.56 bits per heavy atom. The van der Waals surface area contributed by atoms with Crippen LogP contribution in [0.5, 0.6) is 0 Å². The summed E-state index contributed by atoms with van der Waals surface area (Å²) in [5.74, 6) is -1.39. The van der Waals surface area contributed by atoms with Gasteiger partial charge in [0.2, 0.25) is 5.67 Å². The molecule has 1 heterocycles. The quantitative estimate of drug-likeness (QED) is 0.867. The van der Waals surface area contributed by atoms with Gasteiger partial charge in [-0.3, -0.25) is 0 Å². The highest BCUT2D eigenvalue weighted by Gasteiger charge is 2.45. The first-order valence-corrected chi connectivity index (χ1v) is 5.32. The lowest BCUT2D eigenvalue weighted by molar-refractivity contribution is -0.149. The van der Waals surface area contributed by atoms with Crippen molar-refractivity contribution < 1.29 is 14.3 Å². The van der Waals surface area contributed by atoms with Crippen molar-refractivity contribution in [2.45, 2.75) is 12.1 Å². The van der Waals surface area contributed by atoms with Crippen LogP contribution in [0.2, 0.25) is 5.02 Å². The zero-order valence-electron chi connectivity index (χ0n) is 8.49. The predicted molar refractivity (Wildman–Crippen MR) is 59.8 cm³/mol. The van der Waals surface area contributed by atoms with Crippen LogP contribution >= 0.6 is 11.6 Å². The van der Waals surface area contributed by atoms with E-state index in [9.17, 15) is 9.18 Å². The van der Waals surface area contributed by atoms with Gasteiger partial charge in [0.05, 0.1) is 6.54 Å². The normalized spacial score (nSPS) is 24.8. The summed E-state index contributed by atoms with van der Waals surface area (Å²) in [7, 11) is 0. The van der Waals surface area contributed by atoms with Crippen molar-refractivity contribution in [3.63, 3.8) is 0 Å². The lowest BCUT2D eigenvalue weighted by Crippen LogP contribution is -2.36. The van der Waals surface area contributed by atoms with E-state index in [1.165, 1.54) is 0 Å². The van der Waals surface area contributed by atoms with E-state index in [0.717, 1.165) is 5.69 Å². The third-order valence-corrected chi connectivity index (χ3v) is 3.05. The smallest absolute Gasteiger partial charge is 0.343 e. The second kappa shape index (κ2) is 3.94. The molecule has 0 aliphatic carbocycles. The summed E-state index contributed by atoms with van der Waals surface area (Å²) in [4.78, 5) is 12.4. The number of hydrogen-bond acceptors (Lipinski definition) is 2. The minimum atomic E-state index is -2.13. The standard InChI is InChI=1S/C11H11ClFNO2/c12-8-1-3-9(4-2-8)14-6-5-11(13,7-14)10(15)16/h1-4H,5-7H2,(H,15,16). The topological polar surface area (TPSA) is 40.5 Å². The van der Waals surface area contributed by atoms with Gasteiger partial charge in [0.15, 0.2) is 0 Å². The summed E-state index contributed by atoms with van der Waals surface area (Å²) in [6.07, 6.45) is 0.0188. The molecule has 0 radical (unpaired) electrons. The Morgan fingerprint density at radius 1 is 1.44 bits per heavy atom. The molecule has 1 aromatic carbocycles. The van der Waals surface area contributed by atoms with Gasteiger partial charge in [-0.15, -0.1) is 0 Å². The van der Waals surface area contributed by atoms with E-state index in [1.807, 2.05) is 0 Å². The molecule has 1 fully saturated rings. The molecule has 3 nitrogen and oxygen atoms in total. The van der Waals surface area contributed by atoms with E-state index in [-0.39, 0.29) is 13.0 Å². The molecule has 1 atom stereocenters. The number of carboxylic acids is 1. The van der Waals surface area contributed by atoms with E-state index in [1.54, 1.807) is 29.2 Å². The fourth-order valence-electron chi connectivity index (χ4n) is 1.82. The number of aliphatic carboxylic acids is 1. The molecule has 0 saturated carbocycles. The Balaban J connectivity index is 2.15. The van der Waals surface area contributed by atoms with Crippen LogP contribution in [0, 0.1) is 0 Å². The monoisotopic (exact) mass is 243 g/mol. The number of nitrogens with zero attached hydrogens (tertiary/aromatic N) is 1. The van der Waals surface area contributed by atoms with Crippen LogP contribution in [0.4, 0.5) is 10.1 Å². The SMILES string of the molecule is O=C(O)C1(F)CCN(c2ccc(Cl)cc2)C1. The fourth-order valence-corrected chi connectivity index (χ4v) is 1.95. The van der Waals surface area contributed by atoms with Gasteiger partial charge in [-0.25, -0.2) is 9.18 Å². The van der Waals surface area contributed by atoms with Crippen LogP contribution in [0.25, 0.3) is 0 Å². The number of carbonyl (C=O) groups is 1. The van der Waals surface area contributed by atoms with E-state index in [0.29, 0.717) is 11.6 Å². The first-order chi connectivity index (χ1) is 7.51. The van der Waals surface area contributed by atoms with E-state index >= 15 is 0 Å². The molecule has 0 bridgehead atoms. The largest absolute Gasteiger partial charge is 0.479 e. The lowest BCUT2D eigenvalue weighted by atomic mass is 10.1. The number of halogens is 2. The molecule has 1 aliphatic rings. The maximum absolute atomic E-state index is 13.8. The average molecular weight is 244 g/mol. The molecule has 1 N–H and O–H groups in total. The number of alkyl halides is 1. The van der Waals surface area contributed by atoms with Gasteiger partial charge in [-0.05, 0) is 24.3 Å². The Hall–Kier alpha value is -1.29. The molecule has 86 valence electrons. The Labute approximate surface area is 97.4 Å². The van der Waals surface area contributed by atoms with Crippen LogP contribution in [0.3, 0.4) is 0 Å². The van der Waals surface area contributed by atoms with Gasteiger partial charge in [0, 0.05) is 23.7 Å². The molecular formula is C11H11ClFNO2. The number of anilines is 1. The van der Waals surface area contributed by atoms with Crippen molar-refractivity contribution in [2.24, 2.45) is 0 Å². The lowest BCUT2D eigenvalue weighted by Gasteiger charge is -2.19. The maximum atomic E-state index is 13.8. The van der Waals surface area contributed by atoms with Crippen LogP contribution in [-0.2, 0) is 4.79 Å². The first kappa shape index (κ1) is 11.2. The highest BCUT2D eigenvalue weighted by molar-refractivity contribution is 6.30.